The van der Waals surface area contributed by atoms with Crippen LogP contribution in [0.4, 0.5) is 0 Å². The van der Waals surface area contributed by atoms with Gasteiger partial charge in [0, 0.05) is 17.7 Å². The lowest BCUT2D eigenvalue weighted by Gasteiger charge is -2.24. The van der Waals surface area contributed by atoms with Gasteiger partial charge in [0.25, 0.3) is 0 Å². The zero-order valence-electron chi connectivity index (χ0n) is 11.9. The predicted octanol–water partition coefficient (Wildman–Crippen LogP) is 3.93. The summed E-state index contributed by atoms with van der Waals surface area (Å²) in [6.07, 6.45) is 6.37. The summed E-state index contributed by atoms with van der Waals surface area (Å²) in [5, 5.41) is 3.37. The van der Waals surface area contributed by atoms with Crippen LogP contribution in [-0.4, -0.2) is 17.6 Å². The lowest BCUT2D eigenvalue weighted by atomic mass is 9.83. The summed E-state index contributed by atoms with van der Waals surface area (Å²) < 4.78 is 4.94. The van der Waals surface area contributed by atoms with Crippen molar-refractivity contribution in [2.24, 2.45) is 5.92 Å². The zero-order valence-corrected chi connectivity index (χ0v) is 12.7. The van der Waals surface area contributed by atoms with Crippen LogP contribution in [0.5, 0.6) is 0 Å². The number of nitrogens with zero attached hydrogens (tertiary/aromatic N) is 1. The summed E-state index contributed by atoms with van der Waals surface area (Å²) in [5.74, 6) is 1.35. The first-order valence-electron chi connectivity index (χ1n) is 7.29. The van der Waals surface area contributed by atoms with Crippen LogP contribution >= 0.6 is 11.3 Å². The van der Waals surface area contributed by atoms with E-state index in [-0.39, 0.29) is 5.97 Å². The van der Waals surface area contributed by atoms with E-state index in [0.29, 0.717) is 25.4 Å². The second kappa shape index (κ2) is 7.04. The number of carbonyl (C=O) groups excluding carboxylic acids is 1. The number of thiazole rings is 1. The van der Waals surface area contributed by atoms with Crippen molar-refractivity contribution in [2.75, 3.05) is 6.61 Å². The number of ether oxygens (including phenoxy) is 1. The molecular weight excluding hydrogens is 258 g/mol. The molecule has 1 aliphatic carbocycles. The van der Waals surface area contributed by atoms with Crippen LogP contribution in [0.25, 0.3) is 0 Å². The summed E-state index contributed by atoms with van der Waals surface area (Å²) in [4.78, 5) is 16.0. The van der Waals surface area contributed by atoms with Crippen molar-refractivity contribution >= 4 is 17.3 Å². The molecule has 2 unspecified atom stereocenters. The van der Waals surface area contributed by atoms with E-state index in [1.807, 2.05) is 6.92 Å². The Morgan fingerprint density at radius 2 is 2.37 bits per heavy atom. The molecule has 0 aliphatic heterocycles. The van der Waals surface area contributed by atoms with Crippen molar-refractivity contribution in [3.8, 4) is 0 Å². The molecule has 1 aromatic heterocycles. The first-order valence-corrected chi connectivity index (χ1v) is 8.17. The number of esters is 1. The van der Waals surface area contributed by atoms with Crippen LogP contribution in [0.1, 0.15) is 62.6 Å². The van der Waals surface area contributed by atoms with Crippen LogP contribution < -0.4 is 0 Å². The second-order valence-electron chi connectivity index (χ2n) is 5.45. The van der Waals surface area contributed by atoms with Gasteiger partial charge >= 0.3 is 5.97 Å². The molecule has 0 saturated heterocycles. The minimum Gasteiger partial charge on any atom is -0.466 e. The monoisotopic (exact) mass is 281 g/mol. The summed E-state index contributed by atoms with van der Waals surface area (Å²) >= 11 is 1.76. The third-order valence-electron chi connectivity index (χ3n) is 3.75. The van der Waals surface area contributed by atoms with Crippen molar-refractivity contribution in [1.29, 1.82) is 0 Å². The summed E-state index contributed by atoms with van der Waals surface area (Å²) in [5.41, 5.74) is 1.05. The lowest BCUT2D eigenvalue weighted by molar-refractivity contribution is -0.143. The van der Waals surface area contributed by atoms with Gasteiger partial charge in [-0.1, -0.05) is 19.8 Å². The van der Waals surface area contributed by atoms with E-state index in [1.54, 1.807) is 11.3 Å². The maximum atomic E-state index is 11.3. The number of aryl methyl sites for hydroxylation is 1. The van der Waals surface area contributed by atoms with Gasteiger partial charge in [-0.3, -0.25) is 4.79 Å². The molecular formula is C15H23NO2S. The molecule has 0 amide bonds. The minimum absolute atomic E-state index is 0.122. The van der Waals surface area contributed by atoms with E-state index in [0.717, 1.165) is 11.6 Å². The van der Waals surface area contributed by atoms with Gasteiger partial charge < -0.3 is 4.74 Å². The zero-order chi connectivity index (χ0) is 13.7. The van der Waals surface area contributed by atoms with Gasteiger partial charge in [-0.05, 0) is 25.7 Å². The molecule has 3 nitrogen and oxygen atoms in total. The molecule has 1 heterocycles. The van der Waals surface area contributed by atoms with E-state index in [2.05, 4.69) is 12.3 Å². The van der Waals surface area contributed by atoms with Crippen LogP contribution in [-0.2, 0) is 16.0 Å². The normalized spacial score (nSPS) is 23.3. The molecule has 4 heteroatoms. The Kier molecular flexibility index (Phi) is 5.37. The summed E-state index contributed by atoms with van der Waals surface area (Å²) in [6, 6.07) is 0. The molecule has 106 valence electrons. The Morgan fingerprint density at radius 3 is 3.11 bits per heavy atom. The first kappa shape index (κ1) is 14.5. The third-order valence-corrected chi connectivity index (χ3v) is 4.80. The van der Waals surface area contributed by atoms with E-state index in [4.69, 9.17) is 9.72 Å². The molecule has 0 N–H and O–H groups in total. The number of hydrogen-bond acceptors (Lipinski definition) is 4. The number of hydrogen-bond donors (Lipinski definition) is 0. The van der Waals surface area contributed by atoms with Crippen LogP contribution in [0, 0.1) is 5.92 Å². The van der Waals surface area contributed by atoms with Crippen molar-refractivity contribution in [3.05, 3.63) is 16.1 Å². The van der Waals surface area contributed by atoms with Crippen LogP contribution in [0.2, 0.25) is 0 Å². The Morgan fingerprint density at radius 1 is 1.53 bits per heavy atom. The molecule has 1 aliphatic rings. The maximum Gasteiger partial charge on any atom is 0.306 e. The number of carbonyl (C=O) groups is 1. The van der Waals surface area contributed by atoms with Crippen LogP contribution in [0.15, 0.2) is 5.38 Å². The highest BCUT2D eigenvalue weighted by Crippen LogP contribution is 2.37. The minimum atomic E-state index is -0.122. The molecule has 0 bridgehead atoms. The topological polar surface area (TPSA) is 39.2 Å². The Hall–Kier alpha value is -0.900. The Bertz CT molecular complexity index is 416. The molecule has 1 fully saturated rings. The van der Waals surface area contributed by atoms with Gasteiger partial charge in [0.1, 0.15) is 0 Å². The molecule has 2 rings (SSSR count). The van der Waals surface area contributed by atoms with Crippen molar-refractivity contribution in [1.82, 2.24) is 4.98 Å². The smallest absolute Gasteiger partial charge is 0.306 e. The maximum absolute atomic E-state index is 11.3. The average molecular weight is 281 g/mol. The largest absolute Gasteiger partial charge is 0.466 e. The molecule has 2 atom stereocenters. The first-order chi connectivity index (χ1) is 9.19. The van der Waals surface area contributed by atoms with E-state index in [1.165, 1.54) is 30.7 Å². The molecule has 0 aromatic carbocycles. The molecule has 1 aromatic rings. The number of aromatic nitrogens is 1. The fourth-order valence-electron chi connectivity index (χ4n) is 2.75. The number of rotatable bonds is 5. The molecule has 0 spiro atoms. The van der Waals surface area contributed by atoms with Gasteiger partial charge in [0.15, 0.2) is 0 Å². The van der Waals surface area contributed by atoms with Gasteiger partial charge in [0.05, 0.1) is 23.7 Å². The van der Waals surface area contributed by atoms with E-state index in [9.17, 15) is 4.79 Å². The highest BCUT2D eigenvalue weighted by atomic mass is 32.1. The van der Waals surface area contributed by atoms with Gasteiger partial charge in [-0.2, -0.15) is 0 Å². The standard InChI is InChI=1S/C15H23NO2S/c1-3-18-14(17)8-7-13-10-19-15(16-13)12-6-4-5-11(2)9-12/h10-12H,3-9H2,1-2H3. The lowest BCUT2D eigenvalue weighted by Crippen LogP contribution is -2.11. The van der Waals surface area contributed by atoms with Gasteiger partial charge in [-0.25, -0.2) is 4.98 Å². The summed E-state index contributed by atoms with van der Waals surface area (Å²) in [6.45, 7) is 4.63. The van der Waals surface area contributed by atoms with Gasteiger partial charge in [-0.15, -0.1) is 11.3 Å². The van der Waals surface area contributed by atoms with Gasteiger partial charge in [0.2, 0.25) is 0 Å². The van der Waals surface area contributed by atoms with Crippen molar-refractivity contribution < 1.29 is 9.53 Å². The molecule has 19 heavy (non-hydrogen) atoms. The molecule has 1 saturated carbocycles. The average Bonchev–Trinajstić information content (AvgIpc) is 2.85. The highest BCUT2D eigenvalue weighted by molar-refractivity contribution is 7.09. The van der Waals surface area contributed by atoms with Crippen molar-refractivity contribution in [3.63, 3.8) is 0 Å². The third kappa shape index (κ3) is 4.30. The van der Waals surface area contributed by atoms with Crippen molar-refractivity contribution in [2.45, 2.75) is 58.3 Å². The molecule has 0 radical (unpaired) electrons. The Labute approximate surface area is 119 Å². The fraction of sp³-hybridized carbons (Fsp3) is 0.733. The Balaban J connectivity index is 1.86. The second-order valence-corrected chi connectivity index (χ2v) is 6.34. The van der Waals surface area contributed by atoms with Crippen LogP contribution in [0.3, 0.4) is 0 Å². The van der Waals surface area contributed by atoms with E-state index >= 15 is 0 Å². The highest BCUT2D eigenvalue weighted by Gasteiger charge is 2.22. The fourth-order valence-corrected chi connectivity index (χ4v) is 3.75. The predicted molar refractivity (Wildman–Crippen MR) is 77.4 cm³/mol. The van der Waals surface area contributed by atoms with E-state index < -0.39 is 0 Å². The quantitative estimate of drug-likeness (QED) is 0.768. The SMILES string of the molecule is CCOC(=O)CCc1csc(C2CCCC(C)C2)n1. The summed E-state index contributed by atoms with van der Waals surface area (Å²) in [7, 11) is 0.